The quantitative estimate of drug-likeness (QED) is 0.264. The van der Waals surface area contributed by atoms with Crippen molar-refractivity contribution in [2.45, 2.75) is 11.4 Å². The first-order chi connectivity index (χ1) is 13.7. The van der Waals surface area contributed by atoms with Crippen LogP contribution >= 0.6 is 23.5 Å². The van der Waals surface area contributed by atoms with Gasteiger partial charge in [-0.15, -0.1) is 10.2 Å². The molecule has 28 heavy (non-hydrogen) atoms. The maximum absolute atomic E-state index is 10.2. The average Bonchev–Trinajstić information content (AvgIpc) is 3.03. The van der Waals surface area contributed by atoms with Gasteiger partial charge in [-0.05, 0) is 54.4 Å². The van der Waals surface area contributed by atoms with E-state index in [2.05, 4.69) is 24.9 Å². The van der Waals surface area contributed by atoms with E-state index >= 15 is 0 Å². The largest absolute Gasteiger partial charge is 0.493 e. The Balaban J connectivity index is 1.55. The number of hydrogen-bond donors (Lipinski definition) is 3. The van der Waals surface area contributed by atoms with Crippen LogP contribution in [-0.2, 0) is 6.54 Å². The third-order valence-electron chi connectivity index (χ3n) is 4.00. The maximum atomic E-state index is 10.2. The number of hydrogen-bond acceptors (Lipinski definition) is 6. The van der Waals surface area contributed by atoms with Crippen molar-refractivity contribution >= 4 is 45.8 Å². The summed E-state index contributed by atoms with van der Waals surface area (Å²) in [6.07, 6.45) is 1.77. The second-order valence-corrected chi connectivity index (χ2v) is 7.30. The fourth-order valence-electron chi connectivity index (χ4n) is 2.64. The standard InChI is InChI=1S/C20H16ClN5OS/c21-16-6-1-2-7-18(16)25-26-19-15-11-14(8-9-17(15)24-20(19)27)28-23-12-13-5-3-4-10-22-13/h1-11,23-24,27H,12H2. The lowest BCUT2D eigenvalue weighted by atomic mass is 10.2. The van der Waals surface area contributed by atoms with Crippen molar-refractivity contribution in [3.63, 3.8) is 0 Å². The lowest BCUT2D eigenvalue weighted by Gasteiger charge is -2.04. The van der Waals surface area contributed by atoms with E-state index in [1.807, 2.05) is 48.5 Å². The van der Waals surface area contributed by atoms with Gasteiger partial charge >= 0.3 is 0 Å². The molecule has 2 aromatic heterocycles. The molecule has 2 heterocycles. The number of aromatic hydroxyl groups is 1. The number of aromatic nitrogens is 2. The van der Waals surface area contributed by atoms with Crippen molar-refractivity contribution in [2.75, 3.05) is 0 Å². The highest BCUT2D eigenvalue weighted by Crippen LogP contribution is 2.38. The Hall–Kier alpha value is -2.87. The molecule has 6 nitrogen and oxygen atoms in total. The van der Waals surface area contributed by atoms with Crippen LogP contribution in [0, 0.1) is 0 Å². The molecule has 2 aromatic carbocycles. The predicted molar refractivity (Wildman–Crippen MR) is 113 cm³/mol. The van der Waals surface area contributed by atoms with Crippen molar-refractivity contribution in [1.29, 1.82) is 0 Å². The number of aromatic amines is 1. The molecule has 0 amide bonds. The van der Waals surface area contributed by atoms with Gasteiger partial charge in [-0.2, -0.15) is 0 Å². The van der Waals surface area contributed by atoms with E-state index in [-0.39, 0.29) is 5.88 Å². The van der Waals surface area contributed by atoms with Crippen molar-refractivity contribution in [3.05, 3.63) is 77.6 Å². The first-order valence-electron chi connectivity index (χ1n) is 8.51. The molecule has 0 aliphatic carbocycles. The Kier molecular flexibility index (Phi) is 5.57. The first-order valence-corrected chi connectivity index (χ1v) is 9.71. The number of azo groups is 1. The first kappa shape index (κ1) is 18.5. The fourth-order valence-corrected chi connectivity index (χ4v) is 3.51. The van der Waals surface area contributed by atoms with Gasteiger partial charge in [0.1, 0.15) is 5.69 Å². The summed E-state index contributed by atoms with van der Waals surface area (Å²) < 4.78 is 3.28. The van der Waals surface area contributed by atoms with Gasteiger partial charge in [-0.1, -0.05) is 29.8 Å². The summed E-state index contributed by atoms with van der Waals surface area (Å²) in [7, 11) is 0. The van der Waals surface area contributed by atoms with E-state index < -0.39 is 0 Å². The zero-order valence-electron chi connectivity index (χ0n) is 14.6. The molecular weight excluding hydrogens is 394 g/mol. The van der Waals surface area contributed by atoms with E-state index in [9.17, 15) is 5.11 Å². The van der Waals surface area contributed by atoms with Gasteiger partial charge in [-0.25, -0.2) is 0 Å². The lowest BCUT2D eigenvalue weighted by molar-refractivity contribution is 0.459. The summed E-state index contributed by atoms with van der Waals surface area (Å²) in [5, 5.41) is 19.9. The summed E-state index contributed by atoms with van der Waals surface area (Å²) in [6, 6.07) is 18.8. The zero-order chi connectivity index (χ0) is 19.3. The molecule has 0 aliphatic heterocycles. The number of halogens is 1. The second-order valence-electron chi connectivity index (χ2n) is 5.93. The molecule has 0 radical (unpaired) electrons. The van der Waals surface area contributed by atoms with Crippen LogP contribution in [-0.4, -0.2) is 15.1 Å². The molecule has 8 heteroatoms. The predicted octanol–water partition coefficient (Wildman–Crippen LogP) is 6.13. The number of nitrogens with zero attached hydrogens (tertiary/aromatic N) is 3. The Morgan fingerprint density at radius 1 is 1.07 bits per heavy atom. The van der Waals surface area contributed by atoms with E-state index in [1.54, 1.807) is 18.3 Å². The van der Waals surface area contributed by atoms with E-state index in [0.29, 0.717) is 22.9 Å². The van der Waals surface area contributed by atoms with Gasteiger partial charge in [0.05, 0.1) is 16.2 Å². The number of rotatable bonds is 6. The Labute approximate surface area is 170 Å². The van der Waals surface area contributed by atoms with Crippen LogP contribution < -0.4 is 4.72 Å². The van der Waals surface area contributed by atoms with E-state index in [1.165, 1.54) is 11.9 Å². The lowest BCUT2D eigenvalue weighted by Crippen LogP contribution is -2.04. The molecule has 0 saturated heterocycles. The third-order valence-corrected chi connectivity index (χ3v) is 5.10. The monoisotopic (exact) mass is 409 g/mol. The van der Waals surface area contributed by atoms with Crippen LogP contribution in [0.1, 0.15) is 5.69 Å². The molecule has 0 aliphatic rings. The second kappa shape index (κ2) is 8.43. The summed E-state index contributed by atoms with van der Waals surface area (Å²) in [6.45, 7) is 0.640. The smallest absolute Gasteiger partial charge is 0.218 e. The van der Waals surface area contributed by atoms with E-state index in [0.717, 1.165) is 21.5 Å². The Morgan fingerprint density at radius 2 is 1.93 bits per heavy atom. The molecule has 0 spiro atoms. The molecule has 0 fully saturated rings. The molecule has 140 valence electrons. The van der Waals surface area contributed by atoms with Crippen LogP contribution in [0.2, 0.25) is 5.02 Å². The number of pyridine rings is 1. The highest BCUT2D eigenvalue weighted by molar-refractivity contribution is 7.97. The summed E-state index contributed by atoms with van der Waals surface area (Å²) >= 11 is 7.60. The van der Waals surface area contributed by atoms with Crippen LogP contribution in [0.4, 0.5) is 11.4 Å². The minimum Gasteiger partial charge on any atom is -0.493 e. The SMILES string of the molecule is Oc1[nH]c2ccc(SNCc3ccccn3)cc2c1N=Nc1ccccc1Cl. The molecule has 4 rings (SSSR count). The van der Waals surface area contributed by atoms with Crippen LogP contribution in [0.25, 0.3) is 10.9 Å². The molecule has 0 atom stereocenters. The van der Waals surface area contributed by atoms with Crippen LogP contribution in [0.3, 0.4) is 0 Å². The Morgan fingerprint density at radius 3 is 2.75 bits per heavy atom. The molecule has 0 saturated carbocycles. The van der Waals surface area contributed by atoms with Gasteiger partial charge in [0.15, 0.2) is 5.69 Å². The minimum absolute atomic E-state index is 0.0330. The normalized spacial score (nSPS) is 11.5. The Bertz CT molecular complexity index is 1130. The van der Waals surface area contributed by atoms with Crippen molar-refractivity contribution in [3.8, 4) is 5.88 Å². The highest BCUT2D eigenvalue weighted by atomic mass is 35.5. The minimum atomic E-state index is -0.0330. The van der Waals surface area contributed by atoms with Crippen LogP contribution in [0.5, 0.6) is 5.88 Å². The molecule has 4 aromatic rings. The average molecular weight is 410 g/mol. The van der Waals surface area contributed by atoms with Crippen molar-refractivity contribution in [1.82, 2.24) is 14.7 Å². The number of benzene rings is 2. The van der Waals surface area contributed by atoms with E-state index in [4.69, 9.17) is 11.6 Å². The maximum Gasteiger partial charge on any atom is 0.218 e. The van der Waals surface area contributed by atoms with Gasteiger partial charge in [0, 0.05) is 23.0 Å². The molecule has 0 unspecified atom stereocenters. The third kappa shape index (κ3) is 4.17. The number of H-pyrrole nitrogens is 1. The topological polar surface area (TPSA) is 85.7 Å². The van der Waals surface area contributed by atoms with Gasteiger partial charge in [0.2, 0.25) is 5.88 Å². The van der Waals surface area contributed by atoms with Crippen LogP contribution in [0.15, 0.2) is 82.0 Å². The molecule has 0 bridgehead atoms. The van der Waals surface area contributed by atoms with Crippen molar-refractivity contribution in [2.24, 2.45) is 10.2 Å². The number of nitrogens with one attached hydrogen (secondary N) is 2. The van der Waals surface area contributed by atoms with Crippen molar-refractivity contribution < 1.29 is 5.11 Å². The van der Waals surface area contributed by atoms with Gasteiger partial charge in [-0.3, -0.25) is 9.71 Å². The fraction of sp³-hybridized carbons (Fsp3) is 0.0500. The highest BCUT2D eigenvalue weighted by Gasteiger charge is 2.12. The summed E-state index contributed by atoms with van der Waals surface area (Å²) in [4.78, 5) is 8.18. The molecule has 3 N–H and O–H groups in total. The molecular formula is C20H16ClN5OS. The van der Waals surface area contributed by atoms with Gasteiger partial charge < -0.3 is 10.1 Å². The number of fused-ring (bicyclic) bond motifs is 1. The zero-order valence-corrected chi connectivity index (χ0v) is 16.2. The summed E-state index contributed by atoms with van der Waals surface area (Å²) in [5.74, 6) is -0.0330. The van der Waals surface area contributed by atoms with Gasteiger partial charge in [0.25, 0.3) is 0 Å². The summed E-state index contributed by atoms with van der Waals surface area (Å²) in [5.41, 5.74) is 2.66.